The lowest BCUT2D eigenvalue weighted by Crippen LogP contribution is -2.60. The van der Waals surface area contributed by atoms with E-state index in [4.69, 9.17) is 4.74 Å². The van der Waals surface area contributed by atoms with Crippen LogP contribution in [0.4, 0.5) is 15.9 Å². The zero-order valence-corrected chi connectivity index (χ0v) is 21.8. The van der Waals surface area contributed by atoms with Crippen LogP contribution in [0.5, 0.6) is 5.88 Å². The van der Waals surface area contributed by atoms with E-state index in [0.717, 1.165) is 6.42 Å². The quantitative estimate of drug-likeness (QED) is 0.311. The number of carbonyl (C=O) groups is 2. The molecule has 0 aromatic carbocycles. The van der Waals surface area contributed by atoms with E-state index in [9.17, 15) is 24.2 Å². The number of hydrogen-bond donors (Lipinski definition) is 3. The van der Waals surface area contributed by atoms with Crippen LogP contribution < -0.4 is 19.9 Å². The van der Waals surface area contributed by atoms with E-state index in [1.165, 1.54) is 4.90 Å². The third-order valence-electron chi connectivity index (χ3n) is 7.46. The Bertz CT molecular complexity index is 891. The minimum Gasteiger partial charge on any atom is -0.476 e. The fourth-order valence-corrected chi connectivity index (χ4v) is 4.91. The summed E-state index contributed by atoms with van der Waals surface area (Å²) in [5.74, 6) is 0.915. The maximum absolute atomic E-state index is 13.6. The molecule has 2 fully saturated rings. The molecule has 36 heavy (non-hydrogen) atoms. The van der Waals surface area contributed by atoms with Crippen molar-refractivity contribution in [1.82, 2.24) is 10.3 Å². The number of alkyl halides is 1. The van der Waals surface area contributed by atoms with Gasteiger partial charge in [0.1, 0.15) is 23.2 Å². The highest BCUT2D eigenvalue weighted by molar-refractivity contribution is 5.96. The van der Waals surface area contributed by atoms with Gasteiger partial charge >= 0.3 is 0 Å². The summed E-state index contributed by atoms with van der Waals surface area (Å²) in [7, 11) is 0. The number of halogens is 1. The molecule has 1 saturated heterocycles. The molecule has 0 spiro atoms. The highest BCUT2D eigenvalue weighted by Crippen LogP contribution is 2.40. The number of aromatic nitrogens is 1. The normalized spacial score (nSPS) is 20.6. The largest absolute Gasteiger partial charge is 0.476 e. The van der Waals surface area contributed by atoms with E-state index in [-0.39, 0.29) is 61.7 Å². The Balaban J connectivity index is 1.89. The van der Waals surface area contributed by atoms with Gasteiger partial charge in [0.25, 0.3) is 0 Å². The average Bonchev–Trinajstić information content (AvgIpc) is 3.62. The SMILES string of the molecule is CCC(CC)(C(=O)N[C@H](CO)CC(C)C)N(C=O)c1ccc(N2CC(F)C2)c(OCC2CC2CO)n1. The van der Waals surface area contributed by atoms with Gasteiger partial charge in [-0.25, -0.2) is 4.39 Å². The van der Waals surface area contributed by atoms with E-state index in [1.54, 1.807) is 12.1 Å². The lowest BCUT2D eigenvalue weighted by Gasteiger charge is -2.40. The van der Waals surface area contributed by atoms with E-state index in [0.29, 0.717) is 38.0 Å². The molecule has 1 saturated carbocycles. The van der Waals surface area contributed by atoms with Crippen LogP contribution in [-0.4, -0.2) is 78.2 Å². The fourth-order valence-electron chi connectivity index (χ4n) is 4.91. The van der Waals surface area contributed by atoms with Gasteiger partial charge in [-0.2, -0.15) is 4.98 Å². The third-order valence-corrected chi connectivity index (χ3v) is 7.46. The van der Waals surface area contributed by atoms with Crippen LogP contribution >= 0.6 is 0 Å². The average molecular weight is 509 g/mol. The molecule has 3 N–H and O–H groups in total. The molecule has 9 nitrogen and oxygen atoms in total. The summed E-state index contributed by atoms with van der Waals surface area (Å²) >= 11 is 0. The predicted octanol–water partition coefficient (Wildman–Crippen LogP) is 2.29. The zero-order valence-electron chi connectivity index (χ0n) is 21.8. The first-order chi connectivity index (χ1) is 17.2. The van der Waals surface area contributed by atoms with E-state index < -0.39 is 17.8 Å². The molecule has 1 aromatic heterocycles. The minimum atomic E-state index is -1.21. The molecule has 3 atom stereocenters. The van der Waals surface area contributed by atoms with Crippen molar-refractivity contribution in [2.24, 2.45) is 17.8 Å². The predicted molar refractivity (Wildman–Crippen MR) is 136 cm³/mol. The Kier molecular flexibility index (Phi) is 9.52. The van der Waals surface area contributed by atoms with Gasteiger partial charge in [-0.1, -0.05) is 27.7 Å². The number of carbonyl (C=O) groups excluding carboxylic acids is 2. The van der Waals surface area contributed by atoms with E-state index in [2.05, 4.69) is 10.3 Å². The first kappa shape index (κ1) is 28.1. The van der Waals surface area contributed by atoms with Crippen LogP contribution in [0.1, 0.15) is 53.4 Å². The monoisotopic (exact) mass is 508 g/mol. The molecule has 2 amide bonds. The Morgan fingerprint density at radius 2 is 2.00 bits per heavy atom. The Hall–Kier alpha value is -2.46. The van der Waals surface area contributed by atoms with Crippen molar-refractivity contribution in [3.63, 3.8) is 0 Å². The molecule has 1 aliphatic heterocycles. The van der Waals surface area contributed by atoms with Crippen molar-refractivity contribution in [3.05, 3.63) is 12.1 Å². The second-order valence-electron chi connectivity index (χ2n) is 10.4. The van der Waals surface area contributed by atoms with Gasteiger partial charge in [-0.3, -0.25) is 14.5 Å². The molecule has 2 heterocycles. The molecule has 0 radical (unpaired) electrons. The van der Waals surface area contributed by atoms with Gasteiger partial charge in [0.15, 0.2) is 0 Å². The number of rotatable bonds is 15. The fraction of sp³-hybridized carbons (Fsp3) is 0.731. The highest BCUT2D eigenvalue weighted by atomic mass is 19.1. The maximum atomic E-state index is 13.6. The van der Waals surface area contributed by atoms with E-state index >= 15 is 0 Å². The summed E-state index contributed by atoms with van der Waals surface area (Å²) in [5, 5.41) is 22.1. The number of hydrogen-bond acceptors (Lipinski definition) is 7. The van der Waals surface area contributed by atoms with Crippen molar-refractivity contribution in [2.75, 3.05) is 42.7 Å². The molecule has 2 unspecified atom stereocenters. The number of nitrogens with zero attached hydrogens (tertiary/aromatic N) is 3. The molecule has 0 bridgehead atoms. The zero-order chi connectivity index (χ0) is 26.5. The number of pyridine rings is 1. The maximum Gasteiger partial charge on any atom is 0.246 e. The lowest BCUT2D eigenvalue weighted by molar-refractivity contribution is -0.129. The number of anilines is 2. The van der Waals surface area contributed by atoms with E-state index in [1.807, 2.05) is 32.6 Å². The molecule has 2 aliphatic rings. The lowest BCUT2D eigenvalue weighted by atomic mass is 9.88. The molecular formula is C26H41FN4O5. The van der Waals surface area contributed by atoms with Crippen molar-refractivity contribution in [3.8, 4) is 5.88 Å². The van der Waals surface area contributed by atoms with Gasteiger partial charge in [0.05, 0.1) is 32.3 Å². The standard InChI is InChI=1S/C26H41FN4O5/c1-5-26(6-2,25(35)28-21(14-33)9-17(3)4)31(16-34)23-8-7-22(30-11-20(27)12-30)24(29-23)36-15-19-10-18(19)13-32/h7-8,16-21,32-33H,5-6,9-15H2,1-4H3,(H,28,35)/t18?,19?,21-/m0/s1. The van der Waals surface area contributed by atoms with Gasteiger partial charge in [-0.05, 0) is 55.6 Å². The number of aliphatic hydroxyl groups is 2. The Morgan fingerprint density at radius 1 is 1.31 bits per heavy atom. The van der Waals surface area contributed by atoms with Crippen molar-refractivity contribution in [1.29, 1.82) is 0 Å². The number of nitrogens with one attached hydrogen (secondary N) is 1. The first-order valence-corrected chi connectivity index (χ1v) is 13.0. The smallest absolute Gasteiger partial charge is 0.246 e. The second-order valence-corrected chi connectivity index (χ2v) is 10.4. The molecule has 202 valence electrons. The van der Waals surface area contributed by atoms with Gasteiger partial charge in [0, 0.05) is 6.61 Å². The van der Waals surface area contributed by atoms with Gasteiger partial charge < -0.3 is 25.2 Å². The summed E-state index contributed by atoms with van der Waals surface area (Å²) in [6.45, 7) is 8.47. The number of ether oxygens (including phenoxy) is 1. The summed E-state index contributed by atoms with van der Waals surface area (Å²) in [5.41, 5.74) is -0.572. The molecule has 1 aromatic rings. The van der Waals surface area contributed by atoms with Gasteiger partial charge in [-0.15, -0.1) is 0 Å². The minimum absolute atomic E-state index is 0.110. The molecule has 3 rings (SSSR count). The third kappa shape index (κ3) is 6.08. The number of amides is 2. The van der Waals surface area contributed by atoms with Crippen molar-refractivity contribution in [2.45, 2.75) is 71.1 Å². The topological polar surface area (TPSA) is 115 Å². The summed E-state index contributed by atoms with van der Waals surface area (Å²) < 4.78 is 19.6. The van der Waals surface area contributed by atoms with Crippen LogP contribution in [-0.2, 0) is 9.59 Å². The Labute approximate surface area is 213 Å². The summed E-state index contributed by atoms with van der Waals surface area (Å²) in [6, 6.07) is 2.98. The van der Waals surface area contributed by atoms with Gasteiger partial charge in [0.2, 0.25) is 18.2 Å². The van der Waals surface area contributed by atoms with Crippen LogP contribution in [0.3, 0.4) is 0 Å². The first-order valence-electron chi connectivity index (χ1n) is 13.0. The summed E-state index contributed by atoms with van der Waals surface area (Å²) in [4.78, 5) is 33.8. The number of aliphatic hydroxyl groups excluding tert-OH is 2. The molecular weight excluding hydrogens is 467 g/mol. The molecule has 1 aliphatic carbocycles. The van der Waals surface area contributed by atoms with Crippen LogP contribution in [0.15, 0.2) is 12.1 Å². The van der Waals surface area contributed by atoms with Crippen molar-refractivity contribution >= 4 is 23.8 Å². The highest BCUT2D eigenvalue weighted by Gasteiger charge is 2.43. The van der Waals surface area contributed by atoms with Crippen LogP contribution in [0.25, 0.3) is 0 Å². The van der Waals surface area contributed by atoms with Crippen LogP contribution in [0, 0.1) is 17.8 Å². The van der Waals surface area contributed by atoms with Crippen molar-refractivity contribution < 1.29 is 28.9 Å². The summed E-state index contributed by atoms with van der Waals surface area (Å²) in [6.07, 6.45) is 1.86. The molecule has 10 heteroatoms. The Morgan fingerprint density at radius 3 is 2.50 bits per heavy atom. The second kappa shape index (κ2) is 12.2. The van der Waals surface area contributed by atoms with Crippen LogP contribution in [0.2, 0.25) is 0 Å².